The second-order valence-corrected chi connectivity index (χ2v) is 3.42. The Balaban J connectivity index is 2.89. The number of hydrogen-bond acceptors (Lipinski definition) is 2. The molecule has 13 heavy (non-hydrogen) atoms. The lowest BCUT2D eigenvalue weighted by atomic mass is 9.89. The zero-order chi connectivity index (χ0) is 9.73. The Labute approximate surface area is 79.6 Å². The molecular weight excluding hydrogens is 162 g/mol. The molecular formula is C11H17NO. The molecule has 2 N–H and O–H groups in total. The molecule has 0 bridgehead atoms. The molecule has 0 heterocycles. The summed E-state index contributed by atoms with van der Waals surface area (Å²) in [6.45, 7) is 2.30. The van der Waals surface area contributed by atoms with E-state index in [1.165, 1.54) is 5.56 Å². The van der Waals surface area contributed by atoms with Gasteiger partial charge in [0.2, 0.25) is 0 Å². The van der Waals surface area contributed by atoms with Crippen LogP contribution in [-0.2, 0) is 5.54 Å². The predicted molar refractivity (Wildman–Crippen MR) is 54.6 cm³/mol. The lowest BCUT2D eigenvalue weighted by Gasteiger charge is -2.29. The summed E-state index contributed by atoms with van der Waals surface area (Å²) < 4.78 is 0. The van der Waals surface area contributed by atoms with E-state index in [1.54, 1.807) is 0 Å². The maximum absolute atomic E-state index is 8.95. The van der Waals surface area contributed by atoms with Crippen molar-refractivity contribution in [3.8, 4) is 0 Å². The standard InChI is InChI=1S/C11H17NO/c1-11(12-2,8-9-13)10-6-4-3-5-7-10/h3-7,12-13H,8-9H2,1-2H3/t11-/m0/s1. The van der Waals surface area contributed by atoms with Gasteiger partial charge in [0.1, 0.15) is 0 Å². The Morgan fingerprint density at radius 1 is 1.31 bits per heavy atom. The minimum atomic E-state index is -0.115. The third-order valence-corrected chi connectivity index (χ3v) is 2.57. The van der Waals surface area contributed by atoms with E-state index in [9.17, 15) is 0 Å². The van der Waals surface area contributed by atoms with Crippen LogP contribution < -0.4 is 5.32 Å². The first-order valence-electron chi connectivity index (χ1n) is 4.58. The van der Waals surface area contributed by atoms with E-state index >= 15 is 0 Å². The minimum absolute atomic E-state index is 0.115. The summed E-state index contributed by atoms with van der Waals surface area (Å²) in [5, 5.41) is 12.2. The monoisotopic (exact) mass is 179 g/mol. The first-order chi connectivity index (χ1) is 6.23. The maximum atomic E-state index is 8.95. The second-order valence-electron chi connectivity index (χ2n) is 3.42. The van der Waals surface area contributed by atoms with Crippen LogP contribution in [0.15, 0.2) is 30.3 Å². The van der Waals surface area contributed by atoms with Gasteiger partial charge >= 0.3 is 0 Å². The van der Waals surface area contributed by atoms with Crippen molar-refractivity contribution < 1.29 is 5.11 Å². The second kappa shape index (κ2) is 4.40. The van der Waals surface area contributed by atoms with Crippen molar-refractivity contribution in [1.29, 1.82) is 0 Å². The van der Waals surface area contributed by atoms with Crippen molar-refractivity contribution in [2.45, 2.75) is 18.9 Å². The molecule has 0 aliphatic rings. The highest BCUT2D eigenvalue weighted by Crippen LogP contribution is 2.23. The van der Waals surface area contributed by atoms with Crippen LogP contribution in [0.5, 0.6) is 0 Å². The lowest BCUT2D eigenvalue weighted by molar-refractivity contribution is 0.228. The third kappa shape index (κ3) is 2.29. The largest absolute Gasteiger partial charge is 0.396 e. The van der Waals surface area contributed by atoms with E-state index in [0.717, 1.165) is 6.42 Å². The molecule has 1 rings (SSSR count). The van der Waals surface area contributed by atoms with Crippen molar-refractivity contribution in [2.75, 3.05) is 13.7 Å². The van der Waals surface area contributed by atoms with Gasteiger partial charge in [0.15, 0.2) is 0 Å². The summed E-state index contributed by atoms with van der Waals surface area (Å²) in [6, 6.07) is 10.2. The van der Waals surface area contributed by atoms with Gasteiger partial charge in [-0.05, 0) is 26.0 Å². The highest BCUT2D eigenvalue weighted by atomic mass is 16.3. The summed E-state index contributed by atoms with van der Waals surface area (Å²) in [5.41, 5.74) is 1.10. The first kappa shape index (κ1) is 10.2. The van der Waals surface area contributed by atoms with Crippen LogP contribution in [0.2, 0.25) is 0 Å². The molecule has 0 amide bonds. The summed E-state index contributed by atoms with van der Waals surface area (Å²) in [6.07, 6.45) is 0.730. The SMILES string of the molecule is CN[C@@](C)(CCO)c1ccccc1. The van der Waals surface area contributed by atoms with E-state index in [1.807, 2.05) is 25.2 Å². The highest BCUT2D eigenvalue weighted by Gasteiger charge is 2.22. The van der Waals surface area contributed by atoms with Crippen molar-refractivity contribution in [1.82, 2.24) is 5.32 Å². The fraction of sp³-hybridized carbons (Fsp3) is 0.455. The van der Waals surface area contributed by atoms with Gasteiger partial charge in [0, 0.05) is 12.1 Å². The van der Waals surface area contributed by atoms with Crippen molar-refractivity contribution in [2.24, 2.45) is 0 Å². The molecule has 0 spiro atoms. The Morgan fingerprint density at radius 3 is 2.38 bits per heavy atom. The molecule has 0 aliphatic heterocycles. The van der Waals surface area contributed by atoms with E-state index in [2.05, 4.69) is 24.4 Å². The van der Waals surface area contributed by atoms with Crippen LogP contribution in [0, 0.1) is 0 Å². The van der Waals surface area contributed by atoms with Crippen LogP contribution >= 0.6 is 0 Å². The Hall–Kier alpha value is -0.860. The van der Waals surface area contributed by atoms with Crippen LogP contribution in [0.1, 0.15) is 18.9 Å². The number of nitrogens with one attached hydrogen (secondary N) is 1. The molecule has 0 unspecified atom stereocenters. The van der Waals surface area contributed by atoms with E-state index in [4.69, 9.17) is 5.11 Å². The van der Waals surface area contributed by atoms with Gasteiger partial charge in [0.25, 0.3) is 0 Å². The number of aliphatic hydroxyl groups is 1. The molecule has 0 saturated heterocycles. The molecule has 0 aliphatic carbocycles. The van der Waals surface area contributed by atoms with Gasteiger partial charge in [-0.1, -0.05) is 30.3 Å². The molecule has 1 aromatic rings. The summed E-state index contributed by atoms with van der Waals surface area (Å²) in [5.74, 6) is 0. The van der Waals surface area contributed by atoms with E-state index < -0.39 is 0 Å². The summed E-state index contributed by atoms with van der Waals surface area (Å²) in [7, 11) is 1.92. The average Bonchev–Trinajstić information content (AvgIpc) is 2.19. The lowest BCUT2D eigenvalue weighted by Crippen LogP contribution is -2.37. The van der Waals surface area contributed by atoms with Gasteiger partial charge in [0.05, 0.1) is 0 Å². The molecule has 0 aromatic heterocycles. The number of benzene rings is 1. The number of rotatable bonds is 4. The molecule has 1 aromatic carbocycles. The first-order valence-corrected chi connectivity index (χ1v) is 4.58. The third-order valence-electron chi connectivity index (χ3n) is 2.57. The Kier molecular flexibility index (Phi) is 3.46. The van der Waals surface area contributed by atoms with Gasteiger partial charge < -0.3 is 10.4 Å². The fourth-order valence-corrected chi connectivity index (χ4v) is 1.44. The maximum Gasteiger partial charge on any atom is 0.0451 e. The van der Waals surface area contributed by atoms with Crippen molar-refractivity contribution >= 4 is 0 Å². The van der Waals surface area contributed by atoms with Crippen LogP contribution in [0.3, 0.4) is 0 Å². The van der Waals surface area contributed by atoms with Crippen LogP contribution in [-0.4, -0.2) is 18.8 Å². The average molecular weight is 179 g/mol. The summed E-state index contributed by atoms with van der Waals surface area (Å²) >= 11 is 0. The molecule has 0 fully saturated rings. The Morgan fingerprint density at radius 2 is 1.92 bits per heavy atom. The molecule has 72 valence electrons. The van der Waals surface area contributed by atoms with Crippen LogP contribution in [0.4, 0.5) is 0 Å². The highest BCUT2D eigenvalue weighted by molar-refractivity contribution is 5.23. The van der Waals surface area contributed by atoms with Crippen LogP contribution in [0.25, 0.3) is 0 Å². The number of hydrogen-bond donors (Lipinski definition) is 2. The van der Waals surface area contributed by atoms with Gasteiger partial charge in [-0.25, -0.2) is 0 Å². The van der Waals surface area contributed by atoms with Gasteiger partial charge in [-0.15, -0.1) is 0 Å². The zero-order valence-corrected chi connectivity index (χ0v) is 8.25. The van der Waals surface area contributed by atoms with Gasteiger partial charge in [-0.3, -0.25) is 0 Å². The molecule has 0 radical (unpaired) electrons. The normalized spacial score (nSPS) is 15.3. The topological polar surface area (TPSA) is 32.3 Å². The predicted octanol–water partition coefficient (Wildman–Crippen LogP) is 1.50. The molecule has 1 atom stereocenters. The van der Waals surface area contributed by atoms with Gasteiger partial charge in [-0.2, -0.15) is 0 Å². The smallest absolute Gasteiger partial charge is 0.0451 e. The molecule has 0 saturated carbocycles. The Bertz CT molecular complexity index is 248. The molecule has 2 nitrogen and oxygen atoms in total. The van der Waals surface area contributed by atoms with Crippen molar-refractivity contribution in [3.05, 3.63) is 35.9 Å². The summed E-state index contributed by atoms with van der Waals surface area (Å²) in [4.78, 5) is 0. The van der Waals surface area contributed by atoms with Crippen molar-refractivity contribution in [3.63, 3.8) is 0 Å². The fourth-order valence-electron chi connectivity index (χ4n) is 1.44. The van der Waals surface area contributed by atoms with E-state index in [-0.39, 0.29) is 12.1 Å². The number of aliphatic hydroxyl groups excluding tert-OH is 1. The zero-order valence-electron chi connectivity index (χ0n) is 8.25. The van der Waals surface area contributed by atoms with E-state index in [0.29, 0.717) is 0 Å². The minimum Gasteiger partial charge on any atom is -0.396 e. The molecule has 2 heteroatoms. The quantitative estimate of drug-likeness (QED) is 0.734.